The van der Waals surface area contributed by atoms with Gasteiger partial charge in [0.15, 0.2) is 23.0 Å². The van der Waals surface area contributed by atoms with Crippen molar-refractivity contribution in [3.8, 4) is 23.0 Å². The second kappa shape index (κ2) is 12.8. The van der Waals surface area contributed by atoms with E-state index in [-0.39, 0.29) is 0 Å². The van der Waals surface area contributed by atoms with Gasteiger partial charge < -0.3 is 18.9 Å². The number of methoxy groups -OCH3 is 2. The number of benzene rings is 4. The normalized spacial score (nSPS) is 10.8. The van der Waals surface area contributed by atoms with Crippen LogP contribution in [0, 0.1) is 0 Å². The van der Waals surface area contributed by atoms with Crippen LogP contribution in [0.1, 0.15) is 21.5 Å². The quantitative estimate of drug-likeness (QED) is 0.125. The number of amides is 1. The van der Waals surface area contributed by atoms with E-state index in [0.29, 0.717) is 51.8 Å². The number of hydrogen-bond acceptors (Lipinski definition) is 6. The fourth-order valence-electron chi connectivity index (χ4n) is 3.83. The van der Waals surface area contributed by atoms with E-state index in [1.807, 2.05) is 30.3 Å². The SMILES string of the molecule is C=CCOc1ccc(C(=O)N/N=C/c2cc(Br)c(OCc3cccc4ccccc34)c(OC)c2)cc1OC. The molecule has 0 radical (unpaired) electrons. The molecule has 1 amide bonds. The van der Waals surface area contributed by atoms with E-state index in [1.54, 1.807) is 37.5 Å². The van der Waals surface area contributed by atoms with Gasteiger partial charge in [0.2, 0.25) is 0 Å². The van der Waals surface area contributed by atoms with Gasteiger partial charge in [-0.1, -0.05) is 55.1 Å². The van der Waals surface area contributed by atoms with Gasteiger partial charge in [0.1, 0.15) is 13.2 Å². The van der Waals surface area contributed by atoms with Crippen LogP contribution in [0.25, 0.3) is 10.8 Å². The number of carbonyl (C=O) groups excluding carboxylic acids is 1. The van der Waals surface area contributed by atoms with Gasteiger partial charge in [-0.05, 0) is 68.2 Å². The summed E-state index contributed by atoms with van der Waals surface area (Å²) >= 11 is 3.57. The summed E-state index contributed by atoms with van der Waals surface area (Å²) in [5.41, 5.74) is 4.68. The van der Waals surface area contributed by atoms with Gasteiger partial charge in [-0.3, -0.25) is 4.79 Å². The summed E-state index contributed by atoms with van der Waals surface area (Å²) < 4.78 is 23.3. The Kier molecular flexibility index (Phi) is 9.00. The van der Waals surface area contributed by atoms with Crippen LogP contribution in [0.2, 0.25) is 0 Å². The van der Waals surface area contributed by atoms with Crippen molar-refractivity contribution in [2.24, 2.45) is 5.10 Å². The van der Waals surface area contributed by atoms with Crippen molar-refractivity contribution in [3.05, 3.63) is 107 Å². The number of fused-ring (bicyclic) bond motifs is 1. The zero-order chi connectivity index (χ0) is 26.9. The molecule has 0 atom stereocenters. The summed E-state index contributed by atoms with van der Waals surface area (Å²) in [6.07, 6.45) is 3.16. The van der Waals surface area contributed by atoms with Gasteiger partial charge in [-0.2, -0.15) is 5.10 Å². The van der Waals surface area contributed by atoms with Gasteiger partial charge in [-0.15, -0.1) is 0 Å². The highest BCUT2D eigenvalue weighted by atomic mass is 79.9. The average molecular weight is 575 g/mol. The monoisotopic (exact) mass is 574 g/mol. The third kappa shape index (κ3) is 6.33. The molecule has 0 spiro atoms. The fraction of sp³-hybridized carbons (Fsp3) is 0.133. The molecule has 1 N–H and O–H groups in total. The maximum atomic E-state index is 12.6. The van der Waals surface area contributed by atoms with E-state index in [4.69, 9.17) is 18.9 Å². The average Bonchev–Trinajstić information content (AvgIpc) is 2.95. The number of nitrogens with zero attached hydrogens (tertiary/aromatic N) is 1. The fourth-order valence-corrected chi connectivity index (χ4v) is 4.40. The van der Waals surface area contributed by atoms with E-state index in [0.717, 1.165) is 16.3 Å². The molecular weight excluding hydrogens is 548 g/mol. The van der Waals surface area contributed by atoms with E-state index < -0.39 is 5.91 Å². The molecule has 0 saturated heterocycles. The maximum absolute atomic E-state index is 12.6. The third-order valence-electron chi connectivity index (χ3n) is 5.67. The van der Waals surface area contributed by atoms with Crippen molar-refractivity contribution >= 4 is 38.8 Å². The van der Waals surface area contributed by atoms with Crippen LogP contribution in [0.3, 0.4) is 0 Å². The van der Waals surface area contributed by atoms with Crippen molar-refractivity contribution < 1.29 is 23.7 Å². The van der Waals surface area contributed by atoms with Crippen molar-refractivity contribution in [1.29, 1.82) is 0 Å². The molecule has 0 bridgehead atoms. The van der Waals surface area contributed by atoms with Crippen molar-refractivity contribution in [2.45, 2.75) is 6.61 Å². The lowest BCUT2D eigenvalue weighted by atomic mass is 10.1. The van der Waals surface area contributed by atoms with E-state index in [1.165, 1.54) is 13.3 Å². The molecular formula is C30H27BrN2O5. The van der Waals surface area contributed by atoms with Crippen molar-refractivity contribution in [2.75, 3.05) is 20.8 Å². The highest BCUT2D eigenvalue weighted by Gasteiger charge is 2.13. The first-order valence-electron chi connectivity index (χ1n) is 11.8. The minimum atomic E-state index is -0.393. The number of nitrogens with one attached hydrogen (secondary N) is 1. The lowest BCUT2D eigenvalue weighted by Gasteiger charge is -2.14. The van der Waals surface area contributed by atoms with E-state index in [2.05, 4.69) is 51.2 Å². The molecule has 0 unspecified atom stereocenters. The van der Waals surface area contributed by atoms with Crippen LogP contribution < -0.4 is 24.4 Å². The Morgan fingerprint density at radius 3 is 2.53 bits per heavy atom. The Balaban J connectivity index is 1.44. The minimum absolute atomic E-state index is 0.332. The Hall–Kier alpha value is -4.30. The molecule has 0 aromatic heterocycles. The van der Waals surface area contributed by atoms with Crippen LogP contribution in [-0.2, 0) is 6.61 Å². The van der Waals surface area contributed by atoms with E-state index in [9.17, 15) is 4.79 Å². The lowest BCUT2D eigenvalue weighted by molar-refractivity contribution is 0.0954. The number of carbonyl (C=O) groups is 1. The van der Waals surface area contributed by atoms with Crippen LogP contribution >= 0.6 is 15.9 Å². The molecule has 4 rings (SSSR count). The maximum Gasteiger partial charge on any atom is 0.271 e. The topological polar surface area (TPSA) is 78.4 Å². The molecule has 0 aliphatic rings. The first-order valence-corrected chi connectivity index (χ1v) is 12.6. The van der Waals surface area contributed by atoms with Crippen LogP contribution in [-0.4, -0.2) is 32.9 Å². The van der Waals surface area contributed by atoms with Gasteiger partial charge >= 0.3 is 0 Å². The number of halogens is 1. The smallest absolute Gasteiger partial charge is 0.271 e. The standard InChI is InChI=1S/C30H27BrN2O5/c1-4-14-37-26-13-12-22(17-27(26)35-2)30(34)33-32-18-20-15-25(31)29(28(16-20)36-3)38-19-23-10-7-9-21-8-5-6-11-24(21)23/h4-13,15-18H,1,14,19H2,2-3H3,(H,33,34)/b32-18+. The highest BCUT2D eigenvalue weighted by Crippen LogP contribution is 2.37. The highest BCUT2D eigenvalue weighted by molar-refractivity contribution is 9.10. The van der Waals surface area contributed by atoms with Gasteiger partial charge in [0.05, 0.1) is 24.9 Å². The summed E-state index contributed by atoms with van der Waals surface area (Å²) in [4.78, 5) is 12.6. The van der Waals surface area contributed by atoms with E-state index >= 15 is 0 Å². The number of ether oxygens (including phenoxy) is 4. The first kappa shape index (κ1) is 26.8. The minimum Gasteiger partial charge on any atom is -0.493 e. The molecule has 4 aromatic rings. The van der Waals surface area contributed by atoms with Crippen LogP contribution in [0.5, 0.6) is 23.0 Å². The first-order chi connectivity index (χ1) is 18.5. The second-order valence-corrected chi connectivity index (χ2v) is 8.98. The molecule has 38 heavy (non-hydrogen) atoms. The van der Waals surface area contributed by atoms with Crippen LogP contribution in [0.15, 0.2) is 95.0 Å². The third-order valence-corrected chi connectivity index (χ3v) is 6.25. The molecule has 0 saturated carbocycles. The Bertz CT molecular complexity index is 1480. The lowest BCUT2D eigenvalue weighted by Crippen LogP contribution is -2.17. The molecule has 194 valence electrons. The molecule has 0 aliphatic heterocycles. The van der Waals surface area contributed by atoms with Gasteiger partial charge in [-0.25, -0.2) is 5.43 Å². The number of hydrogen-bond donors (Lipinski definition) is 1. The van der Waals surface area contributed by atoms with Crippen molar-refractivity contribution in [1.82, 2.24) is 5.43 Å². The second-order valence-electron chi connectivity index (χ2n) is 8.13. The molecule has 0 aliphatic carbocycles. The Morgan fingerprint density at radius 1 is 0.947 bits per heavy atom. The largest absolute Gasteiger partial charge is 0.493 e. The summed E-state index contributed by atoms with van der Waals surface area (Å²) in [6.45, 7) is 4.33. The van der Waals surface area contributed by atoms with Gasteiger partial charge in [0, 0.05) is 5.56 Å². The predicted molar refractivity (Wildman–Crippen MR) is 153 cm³/mol. The predicted octanol–water partition coefficient (Wildman–Crippen LogP) is 6.53. The number of hydrazone groups is 1. The summed E-state index contributed by atoms with van der Waals surface area (Å²) in [6, 6.07) is 22.8. The zero-order valence-corrected chi connectivity index (χ0v) is 22.7. The molecule has 8 heteroatoms. The molecule has 7 nitrogen and oxygen atoms in total. The number of rotatable bonds is 11. The van der Waals surface area contributed by atoms with Crippen molar-refractivity contribution in [3.63, 3.8) is 0 Å². The molecule has 0 heterocycles. The zero-order valence-electron chi connectivity index (χ0n) is 21.1. The summed E-state index contributed by atoms with van der Waals surface area (Å²) in [7, 11) is 3.08. The molecule has 0 fully saturated rings. The van der Waals surface area contributed by atoms with Crippen LogP contribution in [0.4, 0.5) is 0 Å². The van der Waals surface area contributed by atoms with Gasteiger partial charge in [0.25, 0.3) is 5.91 Å². The Morgan fingerprint density at radius 2 is 1.74 bits per heavy atom. The molecule has 4 aromatic carbocycles. The Labute approximate surface area is 229 Å². The summed E-state index contributed by atoms with van der Waals surface area (Å²) in [5, 5.41) is 6.39. The summed E-state index contributed by atoms with van der Waals surface area (Å²) in [5.74, 6) is 1.68.